The van der Waals surface area contributed by atoms with Crippen LogP contribution in [0.2, 0.25) is 0 Å². The van der Waals surface area contributed by atoms with Gasteiger partial charge in [-0.1, -0.05) is 0 Å². The zero-order valence-electron chi connectivity index (χ0n) is 15.9. The number of hydrogen-bond donors (Lipinski definition) is 2. The van der Waals surface area contributed by atoms with Gasteiger partial charge in [0.15, 0.2) is 0 Å². The number of H-pyrrole nitrogens is 2. The van der Waals surface area contributed by atoms with E-state index in [1.165, 1.54) is 0 Å². The summed E-state index contributed by atoms with van der Waals surface area (Å²) < 4.78 is 0. The molecule has 2 aliphatic heterocycles. The Labute approximate surface area is 167 Å². The summed E-state index contributed by atoms with van der Waals surface area (Å²) >= 11 is 0. The third kappa shape index (κ3) is 2.45. The quantitative estimate of drug-likeness (QED) is 0.552. The lowest BCUT2D eigenvalue weighted by molar-refractivity contribution is 0.0610. The van der Waals surface area contributed by atoms with E-state index in [4.69, 9.17) is 0 Å². The molecule has 0 aromatic carbocycles. The molecule has 146 valence electrons. The van der Waals surface area contributed by atoms with Crippen molar-refractivity contribution in [1.82, 2.24) is 29.8 Å². The Morgan fingerprint density at radius 2 is 2.03 bits per heavy atom. The highest BCUT2D eigenvalue weighted by Crippen LogP contribution is 2.37. The molecule has 1 amide bonds. The van der Waals surface area contributed by atoms with Crippen molar-refractivity contribution < 1.29 is 4.79 Å². The molecule has 0 unspecified atom stereocenters. The first kappa shape index (κ1) is 16.5. The molecule has 29 heavy (non-hydrogen) atoms. The van der Waals surface area contributed by atoms with Crippen LogP contribution in [0.25, 0.3) is 21.9 Å². The molecule has 0 aliphatic carbocycles. The fraction of sp³-hybridized carbons (Fsp3) is 0.333. The second kappa shape index (κ2) is 6.30. The first-order valence-electron chi connectivity index (χ1n) is 10.1. The zero-order valence-corrected chi connectivity index (χ0v) is 15.9. The van der Waals surface area contributed by atoms with Crippen LogP contribution in [0.5, 0.6) is 0 Å². The molecule has 2 saturated heterocycles. The molecule has 8 heteroatoms. The van der Waals surface area contributed by atoms with Crippen molar-refractivity contribution in [2.45, 2.75) is 31.3 Å². The topological polar surface area (TPSA) is 93.8 Å². The Morgan fingerprint density at radius 3 is 3.00 bits per heavy atom. The number of carbonyl (C=O) groups excluding carboxylic acids is 1. The summed E-state index contributed by atoms with van der Waals surface area (Å²) in [5.41, 5.74) is 2.49. The Balaban J connectivity index is 1.34. The number of rotatable bonds is 2. The number of nitrogens with zero attached hydrogens (tertiary/aromatic N) is 5. The standard InChI is InChI=1S/C21H21N7O/c29-21(15-10-24-16-11-22-6-3-13(15)16)28-8-1-2-17-18(28)5-9-27(17)20-14-4-7-23-19(14)25-12-26-20/h3-4,6-7,10-12,17-18,24H,1-2,5,8-9H2,(H,23,25,26)/t17-,18-/m1/s1. The normalized spacial score (nSPS) is 21.8. The van der Waals surface area contributed by atoms with Crippen LogP contribution in [0, 0.1) is 0 Å². The number of piperidine rings is 1. The van der Waals surface area contributed by atoms with Crippen LogP contribution >= 0.6 is 0 Å². The molecular formula is C21H21N7O. The summed E-state index contributed by atoms with van der Waals surface area (Å²) in [5.74, 6) is 1.07. The van der Waals surface area contributed by atoms with E-state index in [1.807, 2.05) is 24.5 Å². The van der Waals surface area contributed by atoms with E-state index in [-0.39, 0.29) is 18.0 Å². The lowest BCUT2D eigenvalue weighted by atomic mass is 9.95. The number of aromatic nitrogens is 5. The first-order valence-corrected chi connectivity index (χ1v) is 10.1. The number of nitrogens with one attached hydrogen (secondary N) is 2. The highest BCUT2D eigenvalue weighted by molar-refractivity contribution is 6.06. The van der Waals surface area contributed by atoms with Crippen LogP contribution < -0.4 is 4.90 Å². The van der Waals surface area contributed by atoms with Crippen LogP contribution in [-0.2, 0) is 0 Å². The molecule has 6 heterocycles. The van der Waals surface area contributed by atoms with Gasteiger partial charge in [0.05, 0.1) is 34.7 Å². The van der Waals surface area contributed by atoms with Crippen molar-refractivity contribution in [3.8, 4) is 0 Å². The van der Waals surface area contributed by atoms with Crippen molar-refractivity contribution in [2.24, 2.45) is 0 Å². The molecule has 0 bridgehead atoms. The van der Waals surface area contributed by atoms with Gasteiger partial charge in [0.2, 0.25) is 0 Å². The lowest BCUT2D eigenvalue weighted by Crippen LogP contribution is -2.52. The van der Waals surface area contributed by atoms with Gasteiger partial charge >= 0.3 is 0 Å². The lowest BCUT2D eigenvalue weighted by Gasteiger charge is -2.40. The summed E-state index contributed by atoms with van der Waals surface area (Å²) in [6, 6.07) is 4.42. The Morgan fingerprint density at radius 1 is 1.07 bits per heavy atom. The molecule has 0 radical (unpaired) electrons. The van der Waals surface area contributed by atoms with Crippen molar-refractivity contribution >= 4 is 33.7 Å². The maximum atomic E-state index is 13.5. The minimum atomic E-state index is 0.105. The van der Waals surface area contributed by atoms with Crippen LogP contribution in [0.4, 0.5) is 5.82 Å². The molecule has 6 rings (SSSR count). The van der Waals surface area contributed by atoms with Crippen molar-refractivity contribution in [1.29, 1.82) is 0 Å². The van der Waals surface area contributed by atoms with Gasteiger partial charge in [0, 0.05) is 37.1 Å². The number of anilines is 1. The van der Waals surface area contributed by atoms with E-state index in [0.717, 1.165) is 65.7 Å². The predicted molar refractivity (Wildman–Crippen MR) is 110 cm³/mol. The SMILES string of the molecule is O=C(c1c[nH]c2cnccc12)N1CCC[C@@H]2[C@H]1CCN2c1ncnc2[nH]ccc12. The predicted octanol–water partition coefficient (Wildman–Crippen LogP) is 2.72. The third-order valence-corrected chi connectivity index (χ3v) is 6.39. The van der Waals surface area contributed by atoms with Gasteiger partial charge in [0.25, 0.3) is 5.91 Å². The van der Waals surface area contributed by atoms with Crippen molar-refractivity contribution in [2.75, 3.05) is 18.0 Å². The summed E-state index contributed by atoms with van der Waals surface area (Å²) in [5, 5.41) is 1.98. The molecule has 2 aliphatic rings. The first-order chi connectivity index (χ1) is 14.3. The summed E-state index contributed by atoms with van der Waals surface area (Å²) in [4.78, 5) is 37.3. The number of pyridine rings is 1. The largest absolute Gasteiger partial charge is 0.359 e. The van der Waals surface area contributed by atoms with E-state index in [1.54, 1.807) is 18.7 Å². The van der Waals surface area contributed by atoms with Gasteiger partial charge in [-0.2, -0.15) is 0 Å². The van der Waals surface area contributed by atoms with Crippen molar-refractivity contribution in [3.05, 3.63) is 48.8 Å². The summed E-state index contributed by atoms with van der Waals surface area (Å²) in [7, 11) is 0. The van der Waals surface area contributed by atoms with Crippen LogP contribution in [-0.4, -0.2) is 60.9 Å². The number of likely N-dealkylation sites (tertiary alicyclic amines) is 1. The average molecular weight is 387 g/mol. The minimum absolute atomic E-state index is 0.105. The van der Waals surface area contributed by atoms with E-state index in [2.05, 4.69) is 34.7 Å². The molecule has 8 nitrogen and oxygen atoms in total. The second-order valence-corrected chi connectivity index (χ2v) is 7.82. The second-order valence-electron chi connectivity index (χ2n) is 7.82. The number of carbonyl (C=O) groups is 1. The van der Waals surface area contributed by atoms with Gasteiger partial charge in [-0.25, -0.2) is 9.97 Å². The number of fused-ring (bicyclic) bond motifs is 3. The van der Waals surface area contributed by atoms with E-state index < -0.39 is 0 Å². The van der Waals surface area contributed by atoms with E-state index in [9.17, 15) is 4.79 Å². The zero-order chi connectivity index (χ0) is 19.4. The maximum Gasteiger partial charge on any atom is 0.256 e. The van der Waals surface area contributed by atoms with E-state index in [0.29, 0.717) is 0 Å². The number of hydrogen-bond acceptors (Lipinski definition) is 5. The highest BCUT2D eigenvalue weighted by atomic mass is 16.2. The van der Waals surface area contributed by atoms with Gasteiger partial charge < -0.3 is 19.8 Å². The Bertz CT molecular complexity index is 1210. The van der Waals surface area contributed by atoms with Gasteiger partial charge in [-0.05, 0) is 31.4 Å². The molecule has 2 fully saturated rings. The van der Waals surface area contributed by atoms with Crippen molar-refractivity contribution in [3.63, 3.8) is 0 Å². The van der Waals surface area contributed by atoms with Crippen LogP contribution in [0.3, 0.4) is 0 Å². The highest BCUT2D eigenvalue weighted by Gasteiger charge is 2.43. The Hall–Kier alpha value is -3.42. The molecule has 4 aromatic heterocycles. The smallest absolute Gasteiger partial charge is 0.256 e. The summed E-state index contributed by atoms with van der Waals surface area (Å²) in [6.45, 7) is 1.70. The molecule has 4 aromatic rings. The van der Waals surface area contributed by atoms with Crippen LogP contribution in [0.1, 0.15) is 29.6 Å². The number of aromatic amines is 2. The monoisotopic (exact) mass is 387 g/mol. The minimum Gasteiger partial charge on any atom is -0.359 e. The third-order valence-electron chi connectivity index (χ3n) is 6.39. The van der Waals surface area contributed by atoms with E-state index >= 15 is 0 Å². The molecular weight excluding hydrogens is 366 g/mol. The Kier molecular flexibility index (Phi) is 3.59. The molecule has 0 spiro atoms. The number of amides is 1. The maximum absolute atomic E-state index is 13.5. The molecule has 0 saturated carbocycles. The van der Waals surface area contributed by atoms with Gasteiger partial charge in [-0.3, -0.25) is 9.78 Å². The average Bonchev–Trinajstić information content (AvgIpc) is 3.50. The van der Waals surface area contributed by atoms with Gasteiger partial charge in [-0.15, -0.1) is 0 Å². The fourth-order valence-corrected chi connectivity index (χ4v) is 5.09. The van der Waals surface area contributed by atoms with Crippen LogP contribution in [0.15, 0.2) is 43.2 Å². The summed E-state index contributed by atoms with van der Waals surface area (Å²) in [6.07, 6.45) is 11.9. The fourth-order valence-electron chi connectivity index (χ4n) is 5.09. The molecule has 2 N–H and O–H groups in total. The van der Waals surface area contributed by atoms with Gasteiger partial charge in [0.1, 0.15) is 17.8 Å². The molecule has 2 atom stereocenters.